The maximum Gasteiger partial charge on any atom is 0.238 e. The van der Waals surface area contributed by atoms with Crippen LogP contribution in [-0.2, 0) is 14.8 Å². The lowest BCUT2D eigenvalue weighted by molar-refractivity contribution is 0.0870. The van der Waals surface area contributed by atoms with Gasteiger partial charge in [0.15, 0.2) is 0 Å². The summed E-state index contributed by atoms with van der Waals surface area (Å²) < 4.78 is 28.3. The molecule has 1 aromatic carbocycles. The molecular weight excluding hydrogens is 266 g/mol. The molecular formula is C12H21N3O3S. The first kappa shape index (κ1) is 15.7. The number of benzene rings is 1. The second kappa shape index (κ2) is 6.23. The van der Waals surface area contributed by atoms with Gasteiger partial charge in [-0.2, -0.15) is 0 Å². The van der Waals surface area contributed by atoms with Gasteiger partial charge in [-0.05, 0) is 38.5 Å². The molecule has 0 saturated carbocycles. The van der Waals surface area contributed by atoms with Gasteiger partial charge in [0.1, 0.15) is 0 Å². The summed E-state index contributed by atoms with van der Waals surface area (Å²) in [5.74, 6) is 0. The zero-order valence-corrected chi connectivity index (χ0v) is 12.3. The molecule has 0 saturated heterocycles. The van der Waals surface area contributed by atoms with E-state index in [1.54, 1.807) is 13.0 Å². The third-order valence-electron chi connectivity index (χ3n) is 2.56. The predicted molar refractivity (Wildman–Crippen MR) is 76.5 cm³/mol. The molecule has 19 heavy (non-hydrogen) atoms. The van der Waals surface area contributed by atoms with Crippen molar-refractivity contribution in [3.8, 4) is 0 Å². The Kier molecular flexibility index (Phi) is 5.16. The van der Waals surface area contributed by atoms with Crippen molar-refractivity contribution in [3.05, 3.63) is 17.7 Å². The van der Waals surface area contributed by atoms with E-state index in [-0.39, 0.29) is 11.0 Å². The first-order valence-electron chi connectivity index (χ1n) is 6.00. The van der Waals surface area contributed by atoms with Gasteiger partial charge in [-0.3, -0.25) is 0 Å². The molecule has 1 aromatic rings. The van der Waals surface area contributed by atoms with E-state index in [2.05, 4.69) is 5.32 Å². The van der Waals surface area contributed by atoms with Gasteiger partial charge in [0.25, 0.3) is 0 Å². The second-order valence-corrected chi connectivity index (χ2v) is 6.11. The number of hydrogen-bond acceptors (Lipinski definition) is 5. The van der Waals surface area contributed by atoms with E-state index >= 15 is 0 Å². The standard InChI is InChI=1S/C12H21N3O3S/c1-8(2)18-5-4-15-11-6-10(13)7-12(9(11)3)19(14,16)17/h6-8,15H,4-5,13H2,1-3H3,(H2,14,16,17). The number of ether oxygens (including phenoxy) is 1. The Morgan fingerprint density at radius 1 is 1.37 bits per heavy atom. The first-order valence-corrected chi connectivity index (χ1v) is 7.55. The van der Waals surface area contributed by atoms with Gasteiger partial charge in [-0.15, -0.1) is 0 Å². The van der Waals surface area contributed by atoms with Crippen LogP contribution in [0.4, 0.5) is 11.4 Å². The number of hydrogen-bond donors (Lipinski definition) is 3. The van der Waals surface area contributed by atoms with Crippen molar-refractivity contribution in [1.82, 2.24) is 0 Å². The third kappa shape index (κ3) is 4.70. The van der Waals surface area contributed by atoms with E-state index in [1.807, 2.05) is 13.8 Å². The molecule has 0 atom stereocenters. The number of anilines is 2. The average Bonchev–Trinajstić information content (AvgIpc) is 2.26. The highest BCUT2D eigenvalue weighted by Gasteiger charge is 2.15. The molecule has 0 aliphatic heterocycles. The Morgan fingerprint density at radius 3 is 2.53 bits per heavy atom. The van der Waals surface area contributed by atoms with Gasteiger partial charge in [-0.25, -0.2) is 13.6 Å². The van der Waals surface area contributed by atoms with Crippen LogP contribution in [0.2, 0.25) is 0 Å². The molecule has 1 rings (SSSR count). The summed E-state index contributed by atoms with van der Waals surface area (Å²) in [7, 11) is -3.77. The summed E-state index contributed by atoms with van der Waals surface area (Å²) in [5, 5.41) is 8.25. The van der Waals surface area contributed by atoms with Crippen molar-refractivity contribution in [2.45, 2.75) is 31.8 Å². The lowest BCUT2D eigenvalue weighted by Gasteiger charge is -2.14. The van der Waals surface area contributed by atoms with Crippen LogP contribution in [0, 0.1) is 6.92 Å². The van der Waals surface area contributed by atoms with E-state index in [0.717, 1.165) is 0 Å². The van der Waals surface area contributed by atoms with Crippen LogP contribution in [0.3, 0.4) is 0 Å². The molecule has 0 aliphatic rings. The van der Waals surface area contributed by atoms with Crippen LogP contribution in [0.1, 0.15) is 19.4 Å². The maximum atomic E-state index is 11.4. The predicted octanol–water partition coefficient (Wildman–Crippen LogP) is 1.06. The van der Waals surface area contributed by atoms with Gasteiger partial charge in [0.2, 0.25) is 10.0 Å². The largest absolute Gasteiger partial charge is 0.399 e. The molecule has 0 amide bonds. The summed E-state index contributed by atoms with van der Waals surface area (Å²) in [4.78, 5) is 0.0415. The summed E-state index contributed by atoms with van der Waals surface area (Å²) in [6.07, 6.45) is 0.156. The van der Waals surface area contributed by atoms with Crippen LogP contribution in [0.5, 0.6) is 0 Å². The minimum absolute atomic E-state index is 0.0415. The van der Waals surface area contributed by atoms with Crippen molar-refractivity contribution in [2.24, 2.45) is 5.14 Å². The Balaban J connectivity index is 2.87. The monoisotopic (exact) mass is 287 g/mol. The van der Waals surface area contributed by atoms with E-state index in [0.29, 0.717) is 30.1 Å². The second-order valence-electron chi connectivity index (χ2n) is 4.58. The smallest absolute Gasteiger partial charge is 0.238 e. The molecule has 5 N–H and O–H groups in total. The minimum Gasteiger partial charge on any atom is -0.399 e. The fraction of sp³-hybridized carbons (Fsp3) is 0.500. The lowest BCUT2D eigenvalue weighted by Crippen LogP contribution is -2.17. The van der Waals surface area contributed by atoms with Gasteiger partial charge in [-0.1, -0.05) is 0 Å². The Labute approximate surface area is 114 Å². The number of rotatable bonds is 6. The summed E-state index contributed by atoms with van der Waals surface area (Å²) >= 11 is 0. The summed E-state index contributed by atoms with van der Waals surface area (Å²) in [5.41, 5.74) is 7.24. The highest BCUT2D eigenvalue weighted by Crippen LogP contribution is 2.25. The number of nitrogens with two attached hydrogens (primary N) is 2. The van der Waals surface area contributed by atoms with Crippen molar-refractivity contribution in [2.75, 3.05) is 24.2 Å². The highest BCUT2D eigenvalue weighted by atomic mass is 32.2. The Hall–Kier alpha value is -1.31. The third-order valence-corrected chi connectivity index (χ3v) is 3.59. The first-order chi connectivity index (χ1) is 8.71. The summed E-state index contributed by atoms with van der Waals surface area (Å²) in [6, 6.07) is 3.04. The lowest BCUT2D eigenvalue weighted by atomic mass is 10.2. The zero-order valence-electron chi connectivity index (χ0n) is 11.4. The van der Waals surface area contributed by atoms with Gasteiger partial charge < -0.3 is 15.8 Å². The van der Waals surface area contributed by atoms with E-state index < -0.39 is 10.0 Å². The van der Waals surface area contributed by atoms with Crippen LogP contribution in [0.15, 0.2) is 17.0 Å². The molecule has 108 valence electrons. The van der Waals surface area contributed by atoms with Crippen molar-refractivity contribution in [3.63, 3.8) is 0 Å². The maximum absolute atomic E-state index is 11.4. The quantitative estimate of drug-likeness (QED) is 0.535. The summed E-state index contributed by atoms with van der Waals surface area (Å²) in [6.45, 7) is 6.67. The van der Waals surface area contributed by atoms with Crippen LogP contribution >= 0.6 is 0 Å². The Bertz CT molecular complexity index is 541. The molecule has 0 bridgehead atoms. The van der Waals surface area contributed by atoms with Gasteiger partial charge in [0, 0.05) is 17.9 Å². The molecule has 0 aliphatic carbocycles. The number of primary sulfonamides is 1. The topological polar surface area (TPSA) is 107 Å². The minimum atomic E-state index is -3.77. The Morgan fingerprint density at radius 2 is 2.00 bits per heavy atom. The number of nitrogen functional groups attached to an aromatic ring is 1. The van der Waals surface area contributed by atoms with Crippen LogP contribution in [0.25, 0.3) is 0 Å². The molecule has 0 fully saturated rings. The van der Waals surface area contributed by atoms with E-state index in [4.69, 9.17) is 15.6 Å². The average molecular weight is 287 g/mol. The molecule has 0 spiro atoms. The van der Waals surface area contributed by atoms with Gasteiger partial charge >= 0.3 is 0 Å². The number of sulfonamides is 1. The fourth-order valence-corrected chi connectivity index (χ4v) is 2.51. The molecule has 0 aromatic heterocycles. The molecule has 7 heteroatoms. The molecule has 0 radical (unpaired) electrons. The number of nitrogens with one attached hydrogen (secondary N) is 1. The molecule has 0 unspecified atom stereocenters. The fourth-order valence-electron chi connectivity index (χ4n) is 1.67. The van der Waals surface area contributed by atoms with Crippen molar-refractivity contribution in [1.29, 1.82) is 0 Å². The van der Waals surface area contributed by atoms with Crippen LogP contribution < -0.4 is 16.2 Å². The SMILES string of the molecule is Cc1c(NCCOC(C)C)cc(N)cc1S(N)(=O)=O. The molecule has 0 heterocycles. The normalized spacial score (nSPS) is 11.8. The van der Waals surface area contributed by atoms with E-state index in [9.17, 15) is 8.42 Å². The van der Waals surface area contributed by atoms with E-state index in [1.165, 1.54) is 6.07 Å². The van der Waals surface area contributed by atoms with Crippen LogP contribution in [-0.4, -0.2) is 27.7 Å². The zero-order chi connectivity index (χ0) is 14.6. The van der Waals surface area contributed by atoms with Crippen molar-refractivity contribution < 1.29 is 13.2 Å². The van der Waals surface area contributed by atoms with Crippen molar-refractivity contribution >= 4 is 21.4 Å². The van der Waals surface area contributed by atoms with Gasteiger partial charge in [0.05, 0.1) is 17.6 Å². The molecule has 6 nitrogen and oxygen atoms in total. The highest BCUT2D eigenvalue weighted by molar-refractivity contribution is 7.89.